The average molecular weight is 343 g/mol. The van der Waals surface area contributed by atoms with Crippen LogP contribution < -0.4 is 10.6 Å². The molecule has 0 aliphatic rings. The Morgan fingerprint density at radius 1 is 1.20 bits per heavy atom. The lowest BCUT2D eigenvalue weighted by Gasteiger charge is -2.11. The molecule has 2 rings (SSSR count). The van der Waals surface area contributed by atoms with Crippen molar-refractivity contribution < 1.29 is 14.1 Å². The Morgan fingerprint density at radius 3 is 2.56 bits per heavy atom. The van der Waals surface area contributed by atoms with E-state index < -0.39 is 0 Å². The molecule has 6 heteroatoms. The third-order valence-electron chi connectivity index (χ3n) is 3.69. The molecular weight excluding hydrogens is 318 g/mol. The van der Waals surface area contributed by atoms with Gasteiger partial charge in [-0.05, 0) is 43.5 Å². The SMILES string of the molecule is Cc1cc(CCNC(=O)c2ccc(NC(=O)CC(C)C)c(C)c2)on1. The molecule has 0 atom stereocenters. The van der Waals surface area contributed by atoms with Crippen LogP contribution in [0.5, 0.6) is 0 Å². The van der Waals surface area contributed by atoms with E-state index in [4.69, 9.17) is 4.52 Å². The molecule has 2 amide bonds. The molecule has 1 heterocycles. The number of rotatable bonds is 7. The van der Waals surface area contributed by atoms with E-state index >= 15 is 0 Å². The molecule has 6 nitrogen and oxygen atoms in total. The average Bonchev–Trinajstić information content (AvgIpc) is 2.94. The summed E-state index contributed by atoms with van der Waals surface area (Å²) in [5.41, 5.74) is 2.98. The van der Waals surface area contributed by atoms with Gasteiger partial charge in [0.05, 0.1) is 5.69 Å². The number of carbonyl (C=O) groups is 2. The van der Waals surface area contributed by atoms with Gasteiger partial charge in [-0.15, -0.1) is 0 Å². The van der Waals surface area contributed by atoms with Crippen LogP contribution in [-0.2, 0) is 11.2 Å². The zero-order valence-corrected chi connectivity index (χ0v) is 15.2. The Kier molecular flexibility index (Phi) is 6.33. The van der Waals surface area contributed by atoms with Crippen molar-refractivity contribution in [1.82, 2.24) is 10.5 Å². The standard InChI is InChI=1S/C19H25N3O3/c1-12(2)9-18(23)21-17-6-5-15(10-13(17)3)19(24)20-8-7-16-11-14(4)22-25-16/h5-6,10-12H,7-9H2,1-4H3,(H,20,24)(H,21,23). The summed E-state index contributed by atoms with van der Waals surface area (Å²) in [4.78, 5) is 24.1. The molecular formula is C19H25N3O3. The van der Waals surface area contributed by atoms with Crippen LogP contribution in [0, 0.1) is 19.8 Å². The molecule has 2 aromatic rings. The molecule has 0 radical (unpaired) electrons. The number of carbonyl (C=O) groups excluding carboxylic acids is 2. The molecule has 0 saturated carbocycles. The largest absolute Gasteiger partial charge is 0.361 e. The summed E-state index contributed by atoms with van der Waals surface area (Å²) in [7, 11) is 0. The lowest BCUT2D eigenvalue weighted by molar-refractivity contribution is -0.116. The summed E-state index contributed by atoms with van der Waals surface area (Å²) in [6, 6.07) is 7.11. The van der Waals surface area contributed by atoms with E-state index in [2.05, 4.69) is 15.8 Å². The normalized spacial score (nSPS) is 10.8. The fourth-order valence-corrected chi connectivity index (χ4v) is 2.45. The van der Waals surface area contributed by atoms with E-state index in [0.29, 0.717) is 30.9 Å². The zero-order chi connectivity index (χ0) is 18.4. The Balaban J connectivity index is 1.90. The number of benzene rings is 1. The summed E-state index contributed by atoms with van der Waals surface area (Å²) in [5, 5.41) is 9.55. The van der Waals surface area contributed by atoms with Crippen molar-refractivity contribution in [2.75, 3.05) is 11.9 Å². The maximum absolute atomic E-state index is 12.2. The minimum Gasteiger partial charge on any atom is -0.361 e. The molecule has 0 unspecified atom stereocenters. The van der Waals surface area contributed by atoms with Crippen LogP contribution in [0.3, 0.4) is 0 Å². The predicted molar refractivity (Wildman–Crippen MR) is 96.5 cm³/mol. The monoisotopic (exact) mass is 343 g/mol. The Bertz CT molecular complexity index is 750. The fourth-order valence-electron chi connectivity index (χ4n) is 2.45. The first kappa shape index (κ1) is 18.7. The molecule has 134 valence electrons. The molecule has 0 spiro atoms. The highest BCUT2D eigenvalue weighted by atomic mass is 16.5. The second kappa shape index (κ2) is 8.46. The quantitative estimate of drug-likeness (QED) is 0.808. The molecule has 0 fully saturated rings. The van der Waals surface area contributed by atoms with Crippen molar-refractivity contribution in [2.24, 2.45) is 5.92 Å². The second-order valence-electron chi connectivity index (χ2n) is 6.62. The van der Waals surface area contributed by atoms with Gasteiger partial charge >= 0.3 is 0 Å². The number of hydrogen-bond acceptors (Lipinski definition) is 4. The molecule has 1 aromatic carbocycles. The third kappa shape index (κ3) is 5.74. The first-order valence-electron chi connectivity index (χ1n) is 8.46. The van der Waals surface area contributed by atoms with Gasteiger partial charge in [-0.3, -0.25) is 9.59 Å². The highest BCUT2D eigenvalue weighted by molar-refractivity contribution is 5.96. The number of amides is 2. The maximum Gasteiger partial charge on any atom is 0.251 e. The van der Waals surface area contributed by atoms with Crippen LogP contribution in [-0.4, -0.2) is 23.5 Å². The van der Waals surface area contributed by atoms with Crippen LogP contribution in [0.4, 0.5) is 5.69 Å². The van der Waals surface area contributed by atoms with Crippen molar-refractivity contribution in [3.05, 3.63) is 46.8 Å². The fraction of sp³-hybridized carbons (Fsp3) is 0.421. The molecule has 0 aliphatic carbocycles. The Hall–Kier alpha value is -2.63. The van der Waals surface area contributed by atoms with Gasteiger partial charge in [0.2, 0.25) is 5.91 Å². The minimum absolute atomic E-state index is 0.0161. The molecule has 0 bridgehead atoms. The van der Waals surface area contributed by atoms with Gasteiger partial charge in [-0.2, -0.15) is 0 Å². The molecule has 25 heavy (non-hydrogen) atoms. The van der Waals surface area contributed by atoms with Gasteiger partial charge in [0.1, 0.15) is 5.76 Å². The lowest BCUT2D eigenvalue weighted by Crippen LogP contribution is -2.25. The number of anilines is 1. The number of hydrogen-bond donors (Lipinski definition) is 2. The first-order chi connectivity index (χ1) is 11.8. The molecule has 2 N–H and O–H groups in total. The Morgan fingerprint density at radius 2 is 1.96 bits per heavy atom. The summed E-state index contributed by atoms with van der Waals surface area (Å²) < 4.78 is 5.11. The number of nitrogens with one attached hydrogen (secondary N) is 2. The van der Waals surface area contributed by atoms with Crippen molar-refractivity contribution in [3.8, 4) is 0 Å². The number of aromatic nitrogens is 1. The molecule has 0 aliphatic heterocycles. The highest BCUT2D eigenvalue weighted by Crippen LogP contribution is 2.17. The summed E-state index contributed by atoms with van der Waals surface area (Å²) in [5.74, 6) is 0.882. The van der Waals surface area contributed by atoms with Gasteiger partial charge in [0, 0.05) is 36.7 Å². The number of aryl methyl sites for hydroxylation is 2. The Labute approximate surface area is 148 Å². The van der Waals surface area contributed by atoms with Crippen molar-refractivity contribution in [3.63, 3.8) is 0 Å². The van der Waals surface area contributed by atoms with Crippen LogP contribution in [0.25, 0.3) is 0 Å². The van der Waals surface area contributed by atoms with E-state index in [-0.39, 0.29) is 11.8 Å². The zero-order valence-electron chi connectivity index (χ0n) is 15.2. The third-order valence-corrected chi connectivity index (χ3v) is 3.69. The van der Waals surface area contributed by atoms with Gasteiger partial charge < -0.3 is 15.2 Å². The van der Waals surface area contributed by atoms with E-state index in [9.17, 15) is 9.59 Å². The van der Waals surface area contributed by atoms with Gasteiger partial charge in [-0.1, -0.05) is 19.0 Å². The smallest absolute Gasteiger partial charge is 0.251 e. The summed E-state index contributed by atoms with van der Waals surface area (Å²) in [6.07, 6.45) is 1.07. The van der Waals surface area contributed by atoms with Crippen LogP contribution in [0.1, 0.15) is 47.6 Å². The van der Waals surface area contributed by atoms with E-state index in [1.54, 1.807) is 18.2 Å². The van der Waals surface area contributed by atoms with Gasteiger partial charge in [-0.25, -0.2) is 0 Å². The molecule has 1 aromatic heterocycles. The maximum atomic E-state index is 12.2. The summed E-state index contributed by atoms with van der Waals surface area (Å²) in [6.45, 7) is 8.20. The van der Waals surface area contributed by atoms with E-state index in [1.807, 2.05) is 33.8 Å². The van der Waals surface area contributed by atoms with Gasteiger partial charge in [0.15, 0.2) is 0 Å². The second-order valence-corrected chi connectivity index (χ2v) is 6.62. The van der Waals surface area contributed by atoms with Crippen molar-refractivity contribution in [2.45, 2.75) is 40.5 Å². The van der Waals surface area contributed by atoms with Crippen LogP contribution in [0.15, 0.2) is 28.8 Å². The minimum atomic E-state index is -0.153. The van der Waals surface area contributed by atoms with E-state index in [0.717, 1.165) is 22.7 Å². The van der Waals surface area contributed by atoms with Gasteiger partial charge in [0.25, 0.3) is 5.91 Å². The number of nitrogens with zero attached hydrogens (tertiary/aromatic N) is 1. The highest BCUT2D eigenvalue weighted by Gasteiger charge is 2.11. The van der Waals surface area contributed by atoms with Crippen molar-refractivity contribution in [1.29, 1.82) is 0 Å². The first-order valence-corrected chi connectivity index (χ1v) is 8.46. The predicted octanol–water partition coefficient (Wildman–Crippen LogP) is 3.25. The summed E-state index contributed by atoms with van der Waals surface area (Å²) >= 11 is 0. The topological polar surface area (TPSA) is 84.2 Å². The van der Waals surface area contributed by atoms with Crippen LogP contribution >= 0.6 is 0 Å². The van der Waals surface area contributed by atoms with Crippen LogP contribution in [0.2, 0.25) is 0 Å². The molecule has 0 saturated heterocycles. The lowest BCUT2D eigenvalue weighted by atomic mass is 10.1. The van der Waals surface area contributed by atoms with Crippen molar-refractivity contribution >= 4 is 17.5 Å². The van der Waals surface area contributed by atoms with E-state index in [1.165, 1.54) is 0 Å².